The maximum Gasteiger partial charge on any atom is 0.410 e. The van der Waals surface area contributed by atoms with Crippen LogP contribution in [0.3, 0.4) is 0 Å². The van der Waals surface area contributed by atoms with E-state index in [9.17, 15) is 13.2 Å². The van der Waals surface area contributed by atoms with Gasteiger partial charge in [0.25, 0.3) is 0 Å². The number of carbonyl (C=O) groups is 1. The monoisotopic (exact) mass is 394 g/mol. The SMILES string of the molecule is CC(C)(C)OC(=O)N1CCN(S(=O)(=O)c2ccc(Cl)c(Cl)c2)CC1. The van der Waals surface area contributed by atoms with Gasteiger partial charge in [0.1, 0.15) is 5.60 Å². The summed E-state index contributed by atoms with van der Waals surface area (Å²) < 4.78 is 31.9. The second-order valence-corrected chi connectivity index (χ2v) is 9.20. The van der Waals surface area contributed by atoms with Gasteiger partial charge in [0.2, 0.25) is 10.0 Å². The van der Waals surface area contributed by atoms with Gasteiger partial charge in [0.15, 0.2) is 0 Å². The second-order valence-electron chi connectivity index (χ2n) is 6.45. The summed E-state index contributed by atoms with van der Waals surface area (Å²) in [5.41, 5.74) is -0.583. The number of piperazine rings is 1. The molecular weight excluding hydrogens is 375 g/mol. The highest BCUT2D eigenvalue weighted by Gasteiger charge is 2.32. The van der Waals surface area contributed by atoms with E-state index in [1.807, 2.05) is 0 Å². The van der Waals surface area contributed by atoms with E-state index < -0.39 is 21.7 Å². The van der Waals surface area contributed by atoms with Crippen molar-refractivity contribution < 1.29 is 17.9 Å². The molecule has 1 aromatic carbocycles. The lowest BCUT2D eigenvalue weighted by Gasteiger charge is -2.35. The van der Waals surface area contributed by atoms with E-state index in [1.165, 1.54) is 27.4 Å². The molecule has 0 radical (unpaired) electrons. The molecule has 0 N–H and O–H groups in total. The molecule has 0 spiro atoms. The zero-order chi connectivity index (χ0) is 18.1. The quantitative estimate of drug-likeness (QED) is 0.771. The number of sulfonamides is 1. The van der Waals surface area contributed by atoms with Crippen LogP contribution in [0.1, 0.15) is 20.8 Å². The highest BCUT2D eigenvalue weighted by atomic mass is 35.5. The molecule has 134 valence electrons. The van der Waals surface area contributed by atoms with Crippen LogP contribution in [0.2, 0.25) is 10.0 Å². The van der Waals surface area contributed by atoms with Gasteiger partial charge in [-0.15, -0.1) is 0 Å². The van der Waals surface area contributed by atoms with Gasteiger partial charge in [0, 0.05) is 26.2 Å². The smallest absolute Gasteiger partial charge is 0.410 e. The fraction of sp³-hybridized carbons (Fsp3) is 0.533. The van der Waals surface area contributed by atoms with Crippen LogP contribution in [0.4, 0.5) is 4.79 Å². The third-order valence-electron chi connectivity index (χ3n) is 3.42. The summed E-state index contributed by atoms with van der Waals surface area (Å²) in [7, 11) is -3.67. The minimum atomic E-state index is -3.67. The summed E-state index contributed by atoms with van der Waals surface area (Å²) in [5, 5.41) is 0.482. The van der Waals surface area contributed by atoms with Crippen LogP contribution in [0.25, 0.3) is 0 Å². The van der Waals surface area contributed by atoms with Crippen molar-refractivity contribution >= 4 is 39.3 Å². The Balaban J connectivity index is 2.05. The van der Waals surface area contributed by atoms with Crippen LogP contribution >= 0.6 is 23.2 Å². The van der Waals surface area contributed by atoms with Crippen molar-refractivity contribution in [3.63, 3.8) is 0 Å². The highest BCUT2D eigenvalue weighted by Crippen LogP contribution is 2.27. The van der Waals surface area contributed by atoms with Crippen LogP contribution in [0, 0.1) is 0 Å². The lowest BCUT2D eigenvalue weighted by molar-refractivity contribution is 0.0192. The van der Waals surface area contributed by atoms with Crippen LogP contribution in [0.5, 0.6) is 0 Å². The van der Waals surface area contributed by atoms with Crippen molar-refractivity contribution in [3.8, 4) is 0 Å². The number of hydrogen-bond acceptors (Lipinski definition) is 4. The molecule has 1 fully saturated rings. The van der Waals surface area contributed by atoms with Crippen LogP contribution in [-0.2, 0) is 14.8 Å². The molecule has 1 saturated heterocycles. The van der Waals surface area contributed by atoms with Gasteiger partial charge in [-0.3, -0.25) is 0 Å². The van der Waals surface area contributed by atoms with E-state index in [4.69, 9.17) is 27.9 Å². The molecule has 9 heteroatoms. The van der Waals surface area contributed by atoms with Crippen LogP contribution in [0.15, 0.2) is 23.1 Å². The normalized spacial score (nSPS) is 17.0. The summed E-state index contributed by atoms with van der Waals surface area (Å²) >= 11 is 11.7. The first-order valence-corrected chi connectivity index (χ1v) is 9.63. The summed E-state index contributed by atoms with van der Waals surface area (Å²) in [6, 6.07) is 4.21. The van der Waals surface area contributed by atoms with Crippen molar-refractivity contribution in [1.82, 2.24) is 9.21 Å². The number of nitrogens with zero attached hydrogens (tertiary/aromatic N) is 2. The first kappa shape index (κ1) is 19.3. The predicted octanol–water partition coefficient (Wildman–Crippen LogP) is 3.23. The van der Waals surface area contributed by atoms with Gasteiger partial charge in [0.05, 0.1) is 14.9 Å². The van der Waals surface area contributed by atoms with Crippen molar-refractivity contribution in [2.45, 2.75) is 31.3 Å². The van der Waals surface area contributed by atoms with Crippen molar-refractivity contribution in [1.29, 1.82) is 0 Å². The van der Waals surface area contributed by atoms with Gasteiger partial charge in [-0.2, -0.15) is 4.31 Å². The Labute approximate surface area is 152 Å². The van der Waals surface area contributed by atoms with E-state index in [0.717, 1.165) is 0 Å². The maximum atomic E-state index is 12.6. The maximum absolute atomic E-state index is 12.6. The average Bonchev–Trinajstić information content (AvgIpc) is 2.48. The first-order valence-electron chi connectivity index (χ1n) is 7.44. The molecule has 24 heavy (non-hydrogen) atoms. The minimum Gasteiger partial charge on any atom is -0.444 e. The largest absolute Gasteiger partial charge is 0.444 e. The van der Waals surface area contributed by atoms with Crippen LogP contribution < -0.4 is 0 Å². The lowest BCUT2D eigenvalue weighted by atomic mass is 10.2. The molecule has 1 amide bonds. The molecule has 0 saturated carbocycles. The Kier molecular flexibility index (Phi) is 5.69. The standard InChI is InChI=1S/C15H20Cl2N2O4S/c1-15(2,3)23-14(20)18-6-8-19(9-7-18)24(21,22)11-4-5-12(16)13(17)10-11/h4-5,10H,6-9H2,1-3H3. The number of carbonyl (C=O) groups excluding carboxylic acids is 1. The number of hydrogen-bond donors (Lipinski definition) is 0. The summed E-state index contributed by atoms with van der Waals surface area (Å²) in [4.78, 5) is 13.6. The molecule has 1 aromatic rings. The molecule has 0 unspecified atom stereocenters. The molecule has 1 heterocycles. The Hall–Kier alpha value is -1.02. The molecule has 0 bridgehead atoms. The van der Waals surface area contributed by atoms with Crippen molar-refractivity contribution in [2.75, 3.05) is 26.2 Å². The first-order chi connectivity index (χ1) is 11.0. The molecule has 0 atom stereocenters. The Morgan fingerprint density at radius 3 is 2.17 bits per heavy atom. The third kappa shape index (κ3) is 4.53. The Morgan fingerprint density at radius 1 is 1.08 bits per heavy atom. The van der Waals surface area contributed by atoms with Crippen molar-refractivity contribution in [3.05, 3.63) is 28.2 Å². The summed E-state index contributed by atoms with van der Waals surface area (Å²) in [5.74, 6) is 0. The third-order valence-corrected chi connectivity index (χ3v) is 6.05. The minimum absolute atomic E-state index is 0.0858. The number of ether oxygens (including phenoxy) is 1. The fourth-order valence-corrected chi connectivity index (χ4v) is 4.04. The zero-order valence-corrected chi connectivity index (χ0v) is 16.1. The van der Waals surface area contributed by atoms with E-state index in [2.05, 4.69) is 0 Å². The van der Waals surface area contributed by atoms with Gasteiger partial charge in [-0.05, 0) is 39.0 Å². The van der Waals surface area contributed by atoms with E-state index in [0.29, 0.717) is 5.02 Å². The number of rotatable bonds is 2. The predicted molar refractivity (Wildman–Crippen MR) is 93.0 cm³/mol. The zero-order valence-electron chi connectivity index (χ0n) is 13.8. The number of amides is 1. The Bertz CT molecular complexity index is 723. The van der Waals surface area contributed by atoms with Gasteiger partial charge in [-0.1, -0.05) is 23.2 Å². The van der Waals surface area contributed by atoms with E-state index >= 15 is 0 Å². The lowest BCUT2D eigenvalue weighted by Crippen LogP contribution is -2.51. The molecule has 0 aromatic heterocycles. The fourth-order valence-electron chi connectivity index (χ4n) is 2.22. The van der Waals surface area contributed by atoms with Gasteiger partial charge < -0.3 is 9.64 Å². The van der Waals surface area contributed by atoms with E-state index in [-0.39, 0.29) is 36.1 Å². The number of benzene rings is 1. The second kappa shape index (κ2) is 7.07. The van der Waals surface area contributed by atoms with Gasteiger partial charge in [-0.25, -0.2) is 13.2 Å². The molecule has 1 aliphatic heterocycles. The molecule has 2 rings (SSSR count). The molecule has 1 aliphatic rings. The highest BCUT2D eigenvalue weighted by molar-refractivity contribution is 7.89. The molecular formula is C15H20Cl2N2O4S. The van der Waals surface area contributed by atoms with Crippen molar-refractivity contribution in [2.24, 2.45) is 0 Å². The topological polar surface area (TPSA) is 66.9 Å². The van der Waals surface area contributed by atoms with Crippen LogP contribution in [-0.4, -0.2) is 55.5 Å². The van der Waals surface area contributed by atoms with E-state index in [1.54, 1.807) is 20.8 Å². The molecule has 6 nitrogen and oxygen atoms in total. The molecule has 0 aliphatic carbocycles. The average molecular weight is 395 g/mol. The Morgan fingerprint density at radius 2 is 1.67 bits per heavy atom. The summed E-state index contributed by atoms with van der Waals surface area (Å²) in [6.45, 7) is 6.30. The summed E-state index contributed by atoms with van der Waals surface area (Å²) in [6.07, 6.45) is -0.436. The van der Waals surface area contributed by atoms with Gasteiger partial charge >= 0.3 is 6.09 Å². The number of halogens is 2.